The SMILES string of the molecule is CSCCC(=O)NC(=S)Nc1cccc(OCc2ccccc2)c1. The van der Waals surface area contributed by atoms with Crippen LogP contribution < -0.4 is 15.4 Å². The summed E-state index contributed by atoms with van der Waals surface area (Å²) in [4.78, 5) is 11.7. The van der Waals surface area contributed by atoms with E-state index in [4.69, 9.17) is 17.0 Å². The van der Waals surface area contributed by atoms with Crippen molar-refractivity contribution in [3.8, 4) is 5.75 Å². The predicted octanol–water partition coefficient (Wildman–Crippen LogP) is 3.83. The molecule has 2 aromatic carbocycles. The molecule has 0 saturated carbocycles. The quantitative estimate of drug-likeness (QED) is 0.735. The highest BCUT2D eigenvalue weighted by Crippen LogP contribution is 2.18. The third-order valence-electron chi connectivity index (χ3n) is 3.13. The summed E-state index contributed by atoms with van der Waals surface area (Å²) in [5.74, 6) is 1.43. The molecule has 0 fully saturated rings. The number of thioether (sulfide) groups is 1. The van der Waals surface area contributed by atoms with Gasteiger partial charge in [-0.05, 0) is 36.2 Å². The molecular formula is C18H20N2O2S2. The molecule has 2 N–H and O–H groups in total. The van der Waals surface area contributed by atoms with E-state index in [-0.39, 0.29) is 5.91 Å². The van der Waals surface area contributed by atoms with Crippen molar-refractivity contribution in [2.75, 3.05) is 17.3 Å². The molecule has 0 unspecified atom stereocenters. The van der Waals surface area contributed by atoms with Gasteiger partial charge in [0.2, 0.25) is 5.91 Å². The molecule has 0 atom stereocenters. The Bertz CT molecular complexity index is 678. The maximum atomic E-state index is 11.7. The molecule has 0 aromatic heterocycles. The van der Waals surface area contributed by atoms with Gasteiger partial charge in [-0.3, -0.25) is 4.79 Å². The molecule has 0 heterocycles. The Balaban J connectivity index is 1.85. The number of anilines is 1. The molecule has 4 nitrogen and oxygen atoms in total. The average Bonchev–Trinajstić information content (AvgIpc) is 2.59. The minimum atomic E-state index is -0.0849. The number of thiocarbonyl (C=S) groups is 1. The van der Waals surface area contributed by atoms with Gasteiger partial charge >= 0.3 is 0 Å². The number of benzene rings is 2. The third-order valence-corrected chi connectivity index (χ3v) is 3.94. The maximum Gasteiger partial charge on any atom is 0.226 e. The number of hydrogen-bond acceptors (Lipinski definition) is 4. The largest absolute Gasteiger partial charge is 0.489 e. The second kappa shape index (κ2) is 9.95. The van der Waals surface area contributed by atoms with Gasteiger partial charge in [-0.2, -0.15) is 11.8 Å². The lowest BCUT2D eigenvalue weighted by atomic mass is 10.2. The fourth-order valence-corrected chi connectivity index (χ4v) is 2.57. The molecule has 1 amide bonds. The van der Waals surface area contributed by atoms with Gasteiger partial charge in [-0.1, -0.05) is 36.4 Å². The molecule has 0 saturated heterocycles. The molecule has 24 heavy (non-hydrogen) atoms. The zero-order chi connectivity index (χ0) is 17.2. The zero-order valence-corrected chi connectivity index (χ0v) is 15.1. The van der Waals surface area contributed by atoms with Crippen LogP contribution in [0.3, 0.4) is 0 Å². The Morgan fingerprint density at radius 2 is 1.96 bits per heavy atom. The molecule has 126 valence electrons. The second-order valence-electron chi connectivity index (χ2n) is 5.05. The summed E-state index contributed by atoms with van der Waals surface area (Å²) in [6, 6.07) is 17.4. The van der Waals surface area contributed by atoms with Crippen LogP contribution in [0.2, 0.25) is 0 Å². The van der Waals surface area contributed by atoms with Crippen LogP contribution in [-0.2, 0) is 11.4 Å². The van der Waals surface area contributed by atoms with E-state index in [2.05, 4.69) is 10.6 Å². The van der Waals surface area contributed by atoms with Crippen LogP contribution in [0.1, 0.15) is 12.0 Å². The first-order valence-corrected chi connectivity index (χ1v) is 9.34. The second-order valence-corrected chi connectivity index (χ2v) is 6.44. The van der Waals surface area contributed by atoms with Crippen LogP contribution in [0, 0.1) is 0 Å². The molecule has 0 aliphatic heterocycles. The third kappa shape index (κ3) is 6.60. The van der Waals surface area contributed by atoms with Crippen molar-refractivity contribution in [1.29, 1.82) is 0 Å². The van der Waals surface area contributed by atoms with E-state index < -0.39 is 0 Å². The maximum absolute atomic E-state index is 11.7. The van der Waals surface area contributed by atoms with E-state index in [1.165, 1.54) is 0 Å². The minimum absolute atomic E-state index is 0.0849. The van der Waals surface area contributed by atoms with E-state index in [0.717, 1.165) is 22.8 Å². The van der Waals surface area contributed by atoms with Crippen LogP contribution in [-0.4, -0.2) is 23.0 Å². The van der Waals surface area contributed by atoms with Crippen LogP contribution in [0.25, 0.3) is 0 Å². The van der Waals surface area contributed by atoms with Gasteiger partial charge in [0.05, 0.1) is 0 Å². The highest BCUT2D eigenvalue weighted by molar-refractivity contribution is 7.98. The summed E-state index contributed by atoms with van der Waals surface area (Å²) < 4.78 is 5.78. The summed E-state index contributed by atoms with van der Waals surface area (Å²) in [7, 11) is 0. The molecule has 0 bridgehead atoms. The van der Waals surface area contributed by atoms with Crippen molar-refractivity contribution in [3.63, 3.8) is 0 Å². The van der Waals surface area contributed by atoms with Gasteiger partial charge in [0.1, 0.15) is 12.4 Å². The molecule has 0 spiro atoms. The fourth-order valence-electron chi connectivity index (χ4n) is 1.95. The highest BCUT2D eigenvalue weighted by Gasteiger charge is 2.05. The average molecular weight is 361 g/mol. The van der Waals surface area contributed by atoms with Crippen molar-refractivity contribution in [1.82, 2.24) is 5.32 Å². The van der Waals surface area contributed by atoms with E-state index in [1.807, 2.05) is 60.9 Å². The first-order chi connectivity index (χ1) is 11.7. The number of amides is 1. The Kier molecular flexibility index (Phi) is 7.58. The number of carbonyl (C=O) groups excluding carboxylic acids is 1. The molecular weight excluding hydrogens is 340 g/mol. The van der Waals surface area contributed by atoms with Gasteiger partial charge in [0.15, 0.2) is 5.11 Å². The standard InChI is InChI=1S/C18H20N2O2S2/c1-24-11-10-17(21)20-18(23)19-15-8-5-9-16(12-15)22-13-14-6-3-2-4-7-14/h2-9,12H,10-11,13H2,1H3,(H2,19,20,21,23). The Morgan fingerprint density at radius 1 is 1.17 bits per heavy atom. The van der Waals surface area contributed by atoms with Crippen LogP contribution in [0.15, 0.2) is 54.6 Å². The zero-order valence-electron chi connectivity index (χ0n) is 13.5. The number of rotatable bonds is 7. The fraction of sp³-hybridized carbons (Fsp3) is 0.222. The molecule has 0 aliphatic rings. The smallest absolute Gasteiger partial charge is 0.226 e. The van der Waals surface area contributed by atoms with Crippen LogP contribution >= 0.6 is 24.0 Å². The van der Waals surface area contributed by atoms with Gasteiger partial charge in [0, 0.05) is 23.9 Å². The molecule has 2 aromatic rings. The first-order valence-electron chi connectivity index (χ1n) is 7.54. The number of ether oxygens (including phenoxy) is 1. The topological polar surface area (TPSA) is 50.4 Å². The lowest BCUT2D eigenvalue weighted by Crippen LogP contribution is -2.34. The van der Waals surface area contributed by atoms with Gasteiger partial charge < -0.3 is 15.4 Å². The van der Waals surface area contributed by atoms with E-state index in [9.17, 15) is 4.79 Å². The van der Waals surface area contributed by atoms with Crippen molar-refractivity contribution in [3.05, 3.63) is 60.2 Å². The van der Waals surface area contributed by atoms with Crippen molar-refractivity contribution >= 4 is 40.7 Å². The molecule has 0 radical (unpaired) electrons. The molecule has 2 rings (SSSR count). The van der Waals surface area contributed by atoms with Gasteiger partial charge in [-0.15, -0.1) is 0 Å². The molecule has 0 aliphatic carbocycles. The number of carbonyl (C=O) groups is 1. The monoisotopic (exact) mass is 360 g/mol. The number of nitrogens with one attached hydrogen (secondary N) is 2. The summed E-state index contributed by atoms with van der Waals surface area (Å²) in [6.07, 6.45) is 2.41. The molecule has 6 heteroatoms. The van der Waals surface area contributed by atoms with Gasteiger partial charge in [-0.25, -0.2) is 0 Å². The van der Waals surface area contributed by atoms with Crippen LogP contribution in [0.4, 0.5) is 5.69 Å². The Morgan fingerprint density at radius 3 is 2.71 bits per heavy atom. The first kappa shape index (κ1) is 18.3. The van der Waals surface area contributed by atoms with Gasteiger partial charge in [0.25, 0.3) is 0 Å². The van der Waals surface area contributed by atoms with E-state index >= 15 is 0 Å². The minimum Gasteiger partial charge on any atom is -0.489 e. The van der Waals surface area contributed by atoms with Crippen LogP contribution in [0.5, 0.6) is 5.75 Å². The van der Waals surface area contributed by atoms with Crippen molar-refractivity contribution in [2.45, 2.75) is 13.0 Å². The number of hydrogen-bond donors (Lipinski definition) is 2. The highest BCUT2D eigenvalue weighted by atomic mass is 32.2. The lowest BCUT2D eigenvalue weighted by molar-refractivity contribution is -0.119. The summed E-state index contributed by atoms with van der Waals surface area (Å²) in [5, 5.41) is 5.96. The van der Waals surface area contributed by atoms with Crippen molar-refractivity contribution in [2.24, 2.45) is 0 Å². The van der Waals surface area contributed by atoms with E-state index in [0.29, 0.717) is 18.1 Å². The normalized spacial score (nSPS) is 10.0. The Hall–Kier alpha value is -2.05. The lowest BCUT2D eigenvalue weighted by Gasteiger charge is -2.11. The van der Waals surface area contributed by atoms with Crippen molar-refractivity contribution < 1.29 is 9.53 Å². The van der Waals surface area contributed by atoms with E-state index in [1.54, 1.807) is 11.8 Å². The summed E-state index contributed by atoms with van der Waals surface area (Å²) in [6.45, 7) is 0.500. The Labute approximate surface area is 152 Å². The predicted molar refractivity (Wildman–Crippen MR) is 105 cm³/mol. The summed E-state index contributed by atoms with van der Waals surface area (Å²) >= 11 is 6.78. The summed E-state index contributed by atoms with van der Waals surface area (Å²) in [5.41, 5.74) is 1.88.